The molecule has 75 heavy (non-hydrogen) atoms. The van der Waals surface area contributed by atoms with Gasteiger partial charge in [0.2, 0.25) is 5.69 Å². The van der Waals surface area contributed by atoms with Crippen LogP contribution in [0, 0.1) is 17.9 Å². The van der Waals surface area contributed by atoms with Crippen molar-refractivity contribution in [1.29, 1.82) is 5.26 Å². The summed E-state index contributed by atoms with van der Waals surface area (Å²) >= 11 is 3.56. The first-order chi connectivity index (χ1) is 37.2. The van der Waals surface area contributed by atoms with Gasteiger partial charge in [-0.15, -0.1) is 22.7 Å². The van der Waals surface area contributed by atoms with E-state index in [1.807, 2.05) is 48.5 Å². The van der Waals surface area contributed by atoms with Gasteiger partial charge in [-0.1, -0.05) is 188 Å². The monoisotopic (exact) mass is 988 g/mol. The molecular weight excluding hydrogens is 953 g/mol. The normalized spacial score (nSPS) is 12.0. The number of nitriles is 1. The maximum Gasteiger partial charge on any atom is 0.220 e. The quantitative estimate of drug-likeness (QED) is 0.161. The van der Waals surface area contributed by atoms with Crippen LogP contribution in [0.3, 0.4) is 0 Å². The molecule has 16 aromatic rings. The van der Waals surface area contributed by atoms with Crippen molar-refractivity contribution in [2.45, 2.75) is 0 Å². The van der Waals surface area contributed by atoms with Gasteiger partial charge < -0.3 is 13.6 Å². The molecule has 0 N–H and O–H groups in total. The van der Waals surface area contributed by atoms with E-state index in [0.717, 1.165) is 114 Å². The van der Waals surface area contributed by atoms with Gasteiger partial charge in [-0.2, -0.15) is 5.26 Å². The van der Waals surface area contributed by atoms with Gasteiger partial charge in [-0.25, -0.2) is 4.85 Å². The number of aromatic nitrogens is 2. The van der Waals surface area contributed by atoms with Crippen LogP contribution in [-0.4, -0.2) is 9.13 Å². The van der Waals surface area contributed by atoms with Gasteiger partial charge in [-0.3, -0.25) is 0 Å². The maximum atomic E-state index is 12.3. The highest BCUT2D eigenvalue weighted by Crippen LogP contribution is 2.56. The van der Waals surface area contributed by atoms with Crippen molar-refractivity contribution < 1.29 is 4.42 Å². The van der Waals surface area contributed by atoms with Crippen molar-refractivity contribution in [3.63, 3.8) is 0 Å². The number of para-hydroxylation sites is 1. The fourth-order valence-corrected chi connectivity index (χ4v) is 14.8. The van der Waals surface area contributed by atoms with Crippen LogP contribution in [0.5, 0.6) is 0 Å². The Bertz CT molecular complexity index is 5070. The minimum Gasteiger partial charge on any atom is -0.454 e. The van der Waals surface area contributed by atoms with Gasteiger partial charge in [0.1, 0.15) is 11.7 Å². The lowest BCUT2D eigenvalue weighted by Crippen LogP contribution is -2.09. The van der Waals surface area contributed by atoms with Gasteiger partial charge in [0, 0.05) is 74.4 Å². The summed E-state index contributed by atoms with van der Waals surface area (Å²) in [5, 5.41) is 23.2. The Hall–Kier alpha value is -9.76. The summed E-state index contributed by atoms with van der Waals surface area (Å²) in [4.78, 5) is 4.68. The van der Waals surface area contributed by atoms with Gasteiger partial charge >= 0.3 is 0 Å². The van der Waals surface area contributed by atoms with Gasteiger partial charge in [0.15, 0.2) is 5.58 Å². The molecule has 0 unspecified atom stereocenters. The number of rotatable bonds is 5. The number of hydrogen-bond acceptors (Lipinski definition) is 4. The Morgan fingerprint density at radius 3 is 1.59 bits per heavy atom. The van der Waals surface area contributed by atoms with Crippen molar-refractivity contribution in [2.24, 2.45) is 0 Å². The van der Waals surface area contributed by atoms with Crippen molar-refractivity contribution >= 4 is 134 Å². The zero-order valence-corrected chi connectivity index (χ0v) is 41.4. The van der Waals surface area contributed by atoms with Crippen LogP contribution in [0.2, 0.25) is 0 Å². The molecule has 0 saturated heterocycles. The van der Waals surface area contributed by atoms with Crippen LogP contribution in [0.15, 0.2) is 223 Å². The van der Waals surface area contributed by atoms with Crippen LogP contribution >= 0.6 is 22.7 Å². The highest BCUT2D eigenvalue weighted by atomic mass is 32.1. The van der Waals surface area contributed by atoms with Crippen LogP contribution in [-0.2, 0) is 0 Å². The molecule has 0 amide bonds. The second-order valence-electron chi connectivity index (χ2n) is 19.2. The lowest BCUT2D eigenvalue weighted by atomic mass is 9.88. The number of thiophene rings is 2. The third-order valence-electron chi connectivity index (χ3n) is 15.4. The zero-order chi connectivity index (χ0) is 49.5. The second-order valence-corrected chi connectivity index (χ2v) is 21.3. The third-order valence-corrected chi connectivity index (χ3v) is 17.8. The van der Waals surface area contributed by atoms with Crippen LogP contribution in [0.25, 0.3) is 155 Å². The average molecular weight is 989 g/mol. The van der Waals surface area contributed by atoms with Crippen molar-refractivity contribution in [3.8, 4) is 50.8 Å². The molecule has 5 aromatic heterocycles. The van der Waals surface area contributed by atoms with Crippen molar-refractivity contribution in [3.05, 3.63) is 235 Å². The number of fused-ring (bicyclic) bond motifs is 18. The number of furan rings is 1. The van der Waals surface area contributed by atoms with Crippen LogP contribution in [0.4, 0.5) is 5.69 Å². The summed E-state index contributed by atoms with van der Waals surface area (Å²) in [5.74, 6) is 0. The van der Waals surface area contributed by atoms with Gasteiger partial charge in [0.25, 0.3) is 0 Å². The standard InChI is InChI=1S/C68H36N4OS2/c1-70-60-57(40-20-7-3-8-21-40)52(38-69)61(71-53-28-17-27-42(39-18-5-2-6-19-39)59(53)51-37-36-50-45-26-13-16-31-56(45)75-68(50)64(51)71)58(41-22-9-4-10-23-41)65(60)72-62-46(32-34-48-43-24-11-14-29-54(43)73-66(48)62)47-33-35-49-44-25-12-15-30-55(44)74-67(49)63(47)72/h2-37H. The Morgan fingerprint density at radius 2 is 0.947 bits per heavy atom. The van der Waals surface area contributed by atoms with E-state index < -0.39 is 0 Å². The zero-order valence-electron chi connectivity index (χ0n) is 39.8. The minimum absolute atomic E-state index is 0.378. The third kappa shape index (κ3) is 5.74. The number of nitrogens with zero attached hydrogens (tertiary/aromatic N) is 4. The Balaban J connectivity index is 1.22. The molecule has 346 valence electrons. The Labute approximate surface area is 436 Å². The first-order valence-electron chi connectivity index (χ1n) is 24.9. The summed E-state index contributed by atoms with van der Waals surface area (Å²) in [6, 6.07) is 79.5. The molecule has 5 nitrogen and oxygen atoms in total. The fourth-order valence-electron chi connectivity index (χ4n) is 12.3. The molecule has 5 heterocycles. The first kappa shape index (κ1) is 41.8. The van der Waals surface area contributed by atoms with Crippen molar-refractivity contribution in [1.82, 2.24) is 9.13 Å². The molecular formula is C68H36N4OS2. The maximum absolute atomic E-state index is 12.3. The topological polar surface area (TPSA) is 51.1 Å². The molecule has 0 spiro atoms. The van der Waals surface area contributed by atoms with E-state index in [4.69, 9.17) is 4.42 Å². The molecule has 0 aliphatic heterocycles. The van der Waals surface area contributed by atoms with Crippen LogP contribution < -0.4 is 0 Å². The molecule has 0 bridgehead atoms. The lowest BCUT2D eigenvalue weighted by molar-refractivity contribution is 0.671. The molecule has 0 fully saturated rings. The van der Waals surface area contributed by atoms with E-state index in [1.54, 1.807) is 22.7 Å². The van der Waals surface area contributed by atoms with Gasteiger partial charge in [-0.05, 0) is 52.6 Å². The summed E-state index contributed by atoms with van der Waals surface area (Å²) in [6.45, 7) is 9.60. The second kappa shape index (κ2) is 15.9. The van der Waals surface area contributed by atoms with Crippen LogP contribution in [0.1, 0.15) is 5.56 Å². The molecule has 0 aliphatic carbocycles. The van der Waals surface area contributed by atoms with E-state index in [2.05, 4.69) is 190 Å². The van der Waals surface area contributed by atoms with E-state index >= 15 is 0 Å². The molecule has 11 aromatic carbocycles. The van der Waals surface area contributed by atoms with Crippen molar-refractivity contribution in [2.75, 3.05) is 0 Å². The lowest BCUT2D eigenvalue weighted by Gasteiger charge is -2.26. The van der Waals surface area contributed by atoms with E-state index in [1.165, 1.54) is 20.2 Å². The first-order valence-corrected chi connectivity index (χ1v) is 26.6. The highest BCUT2D eigenvalue weighted by Gasteiger charge is 2.34. The van der Waals surface area contributed by atoms with Gasteiger partial charge in [0.05, 0.1) is 55.0 Å². The SMILES string of the molecule is [C-]#[N+]c1c(-c2ccccc2)c(C#N)c(-n2c3cccc(-c4ccccc4)c3c3ccc4c5ccccc5sc4c32)c(-c2ccccc2)c1-n1c2c(ccc3c4ccccc4oc32)c2ccc3c4ccccc4sc3c21. The predicted molar refractivity (Wildman–Crippen MR) is 315 cm³/mol. The smallest absolute Gasteiger partial charge is 0.220 e. The van der Waals surface area contributed by atoms with E-state index in [0.29, 0.717) is 28.2 Å². The molecule has 0 radical (unpaired) electrons. The summed E-state index contributed by atoms with van der Waals surface area (Å²) in [6.07, 6.45) is 0. The fraction of sp³-hybridized carbons (Fsp3) is 0. The summed E-state index contributed by atoms with van der Waals surface area (Å²) in [7, 11) is 0. The van der Waals surface area contributed by atoms with E-state index in [-0.39, 0.29) is 0 Å². The highest BCUT2D eigenvalue weighted by molar-refractivity contribution is 7.27. The summed E-state index contributed by atoms with van der Waals surface area (Å²) < 4.78 is 16.4. The molecule has 0 aliphatic rings. The predicted octanol–water partition coefficient (Wildman–Crippen LogP) is 19.9. The van der Waals surface area contributed by atoms with E-state index in [9.17, 15) is 11.8 Å². The Kier molecular flexibility index (Phi) is 8.85. The Morgan fingerprint density at radius 1 is 0.427 bits per heavy atom. The molecule has 0 atom stereocenters. The molecule has 7 heteroatoms. The molecule has 0 saturated carbocycles. The average Bonchev–Trinajstić information content (AvgIpc) is 4.47. The number of benzene rings is 11. The molecule has 16 rings (SSSR count). The number of hydrogen-bond donors (Lipinski definition) is 0. The largest absolute Gasteiger partial charge is 0.454 e. The summed E-state index contributed by atoms with van der Waals surface area (Å²) in [5.41, 5.74) is 12.7. The minimum atomic E-state index is 0.378.